The maximum Gasteiger partial charge on any atom is 0.235 e. The number of fused-ring (bicyclic) bond motifs is 2. The zero-order chi connectivity index (χ0) is 17.8. The van der Waals surface area contributed by atoms with E-state index in [-0.39, 0.29) is 11.8 Å². The van der Waals surface area contributed by atoms with Crippen LogP contribution >= 0.6 is 0 Å². The Labute approximate surface area is 149 Å². The lowest BCUT2D eigenvalue weighted by molar-refractivity contribution is -0.910. The molecule has 4 heteroatoms. The fourth-order valence-electron chi connectivity index (χ4n) is 4.73. The number of amides is 1. The maximum atomic E-state index is 13.0. The van der Waals surface area contributed by atoms with Crippen LogP contribution in [0.2, 0.25) is 0 Å². The SMILES string of the molecule is CCN(CC)C(=O)[C@@H]1C=C2c3cccc4ccn(c34)C[C@H]2[N+](C)(C)C1. The molecular weight excluding hydrogens is 310 g/mol. The molecule has 0 radical (unpaired) electrons. The summed E-state index contributed by atoms with van der Waals surface area (Å²) in [6, 6.07) is 9.15. The van der Waals surface area contributed by atoms with Crippen molar-refractivity contribution in [3.8, 4) is 0 Å². The first kappa shape index (κ1) is 16.4. The number of rotatable bonds is 3. The average Bonchev–Trinajstić information content (AvgIpc) is 3.01. The van der Waals surface area contributed by atoms with Crippen LogP contribution in [0.4, 0.5) is 0 Å². The predicted molar refractivity (Wildman–Crippen MR) is 102 cm³/mol. The van der Waals surface area contributed by atoms with Crippen molar-refractivity contribution in [3.63, 3.8) is 0 Å². The first-order valence-corrected chi connectivity index (χ1v) is 9.37. The van der Waals surface area contributed by atoms with Gasteiger partial charge in [-0.05, 0) is 19.9 Å². The summed E-state index contributed by atoms with van der Waals surface area (Å²) in [5.41, 5.74) is 3.99. The second kappa shape index (κ2) is 5.73. The molecule has 4 nitrogen and oxygen atoms in total. The van der Waals surface area contributed by atoms with Crippen LogP contribution in [0.15, 0.2) is 36.5 Å². The number of hydrogen-bond donors (Lipinski definition) is 0. The molecular formula is C21H28N3O+. The van der Waals surface area contributed by atoms with Crippen LogP contribution in [0.25, 0.3) is 16.5 Å². The Morgan fingerprint density at radius 2 is 2.00 bits per heavy atom. The van der Waals surface area contributed by atoms with E-state index in [1.807, 2.05) is 4.90 Å². The molecule has 4 rings (SSSR count). The van der Waals surface area contributed by atoms with Crippen LogP contribution in [0, 0.1) is 5.92 Å². The lowest BCUT2D eigenvalue weighted by Crippen LogP contribution is -2.58. The van der Waals surface area contributed by atoms with Gasteiger partial charge in [-0.15, -0.1) is 0 Å². The van der Waals surface area contributed by atoms with Crippen molar-refractivity contribution in [2.75, 3.05) is 33.7 Å². The van der Waals surface area contributed by atoms with Crippen LogP contribution in [0.5, 0.6) is 0 Å². The molecule has 2 aliphatic heterocycles. The molecule has 132 valence electrons. The molecule has 0 saturated heterocycles. The van der Waals surface area contributed by atoms with E-state index in [4.69, 9.17) is 0 Å². The molecule has 0 spiro atoms. The van der Waals surface area contributed by atoms with Crippen molar-refractivity contribution in [1.29, 1.82) is 0 Å². The van der Waals surface area contributed by atoms with Gasteiger partial charge in [0.25, 0.3) is 0 Å². The fourth-order valence-corrected chi connectivity index (χ4v) is 4.73. The number of carbonyl (C=O) groups excluding carboxylic acids is 1. The smallest absolute Gasteiger partial charge is 0.235 e. The third-order valence-electron chi connectivity index (χ3n) is 6.11. The summed E-state index contributed by atoms with van der Waals surface area (Å²) in [5.74, 6) is 0.244. The van der Waals surface area contributed by atoms with Crippen molar-refractivity contribution in [3.05, 3.63) is 42.1 Å². The van der Waals surface area contributed by atoms with Crippen LogP contribution in [-0.4, -0.2) is 59.6 Å². The lowest BCUT2D eigenvalue weighted by Gasteiger charge is -2.46. The molecule has 1 aromatic carbocycles. The van der Waals surface area contributed by atoms with Crippen LogP contribution in [0.1, 0.15) is 19.4 Å². The molecule has 0 unspecified atom stereocenters. The number of hydrogen-bond acceptors (Lipinski definition) is 1. The predicted octanol–water partition coefficient (Wildman–Crippen LogP) is 2.98. The summed E-state index contributed by atoms with van der Waals surface area (Å²) in [6.07, 6.45) is 4.48. The largest absolute Gasteiger partial charge is 0.343 e. The van der Waals surface area contributed by atoms with E-state index in [9.17, 15) is 4.79 Å². The highest BCUT2D eigenvalue weighted by Gasteiger charge is 2.44. The number of para-hydroxylation sites is 1. The molecule has 2 atom stereocenters. The van der Waals surface area contributed by atoms with Gasteiger partial charge in [-0.2, -0.15) is 0 Å². The van der Waals surface area contributed by atoms with E-state index in [1.165, 1.54) is 22.0 Å². The summed E-state index contributed by atoms with van der Waals surface area (Å²) < 4.78 is 3.25. The molecule has 3 heterocycles. The van der Waals surface area contributed by atoms with Gasteiger partial charge in [0.05, 0.1) is 32.7 Å². The Morgan fingerprint density at radius 3 is 2.72 bits per heavy atom. The van der Waals surface area contributed by atoms with Gasteiger partial charge in [-0.3, -0.25) is 4.79 Å². The number of benzene rings is 1. The van der Waals surface area contributed by atoms with Crippen molar-refractivity contribution >= 4 is 22.4 Å². The van der Waals surface area contributed by atoms with Gasteiger partial charge in [-0.1, -0.05) is 24.3 Å². The molecule has 2 aliphatic rings. The van der Waals surface area contributed by atoms with Gasteiger partial charge in [0.2, 0.25) is 5.91 Å². The number of quaternary nitrogens is 1. The Morgan fingerprint density at radius 1 is 1.24 bits per heavy atom. The zero-order valence-corrected chi connectivity index (χ0v) is 15.7. The molecule has 0 N–H and O–H groups in total. The number of aromatic nitrogens is 1. The van der Waals surface area contributed by atoms with E-state index in [2.05, 4.69) is 69.0 Å². The standard InChI is InChI=1S/C21H28N3O/c1-5-22(6-2)21(25)16-12-18-17-9-7-8-15-10-11-23(20(15)17)13-19(18)24(3,4)14-16/h7-12,16,19H,5-6,13-14H2,1-4H3/q+1/t16-,19-/m1/s1. The zero-order valence-electron chi connectivity index (χ0n) is 15.7. The third-order valence-corrected chi connectivity index (χ3v) is 6.11. The summed E-state index contributed by atoms with van der Waals surface area (Å²) >= 11 is 0. The van der Waals surface area contributed by atoms with Crippen molar-refractivity contribution < 1.29 is 9.28 Å². The normalized spacial score (nSPS) is 23.9. The summed E-state index contributed by atoms with van der Waals surface area (Å²) in [7, 11) is 4.55. The quantitative estimate of drug-likeness (QED) is 0.790. The summed E-state index contributed by atoms with van der Waals surface area (Å²) in [5, 5.41) is 1.29. The first-order chi connectivity index (χ1) is 12.0. The van der Waals surface area contributed by atoms with E-state index in [1.54, 1.807) is 0 Å². The monoisotopic (exact) mass is 338 g/mol. The van der Waals surface area contributed by atoms with Gasteiger partial charge in [0.15, 0.2) is 0 Å². The summed E-state index contributed by atoms with van der Waals surface area (Å²) in [6.45, 7) is 7.55. The average molecular weight is 338 g/mol. The first-order valence-electron chi connectivity index (χ1n) is 9.37. The Kier molecular flexibility index (Phi) is 3.76. The maximum absolute atomic E-state index is 13.0. The van der Waals surface area contributed by atoms with E-state index < -0.39 is 0 Å². The number of nitrogens with zero attached hydrogens (tertiary/aromatic N) is 3. The molecule has 0 saturated carbocycles. The van der Waals surface area contributed by atoms with E-state index >= 15 is 0 Å². The molecule has 0 aliphatic carbocycles. The minimum absolute atomic E-state index is 0.0297. The molecule has 0 fully saturated rings. The molecule has 0 bridgehead atoms. The Balaban J connectivity index is 1.84. The molecule has 1 aromatic heterocycles. The van der Waals surface area contributed by atoms with E-state index in [0.29, 0.717) is 6.04 Å². The van der Waals surface area contributed by atoms with Crippen molar-refractivity contribution in [2.24, 2.45) is 5.92 Å². The highest BCUT2D eigenvalue weighted by molar-refractivity contribution is 5.95. The minimum Gasteiger partial charge on any atom is -0.343 e. The third kappa shape index (κ3) is 2.43. The molecule has 1 amide bonds. The minimum atomic E-state index is -0.0297. The Bertz CT molecular complexity index is 857. The molecule has 25 heavy (non-hydrogen) atoms. The van der Waals surface area contributed by atoms with Crippen LogP contribution in [0.3, 0.4) is 0 Å². The second-order valence-corrected chi connectivity index (χ2v) is 7.93. The van der Waals surface area contributed by atoms with Gasteiger partial charge >= 0.3 is 0 Å². The van der Waals surface area contributed by atoms with Crippen LogP contribution < -0.4 is 0 Å². The van der Waals surface area contributed by atoms with Gasteiger partial charge in [-0.25, -0.2) is 0 Å². The second-order valence-electron chi connectivity index (χ2n) is 7.93. The van der Waals surface area contributed by atoms with E-state index in [0.717, 1.165) is 30.7 Å². The van der Waals surface area contributed by atoms with Crippen LogP contribution in [-0.2, 0) is 11.3 Å². The Hall–Kier alpha value is -2.07. The molecule has 2 aromatic rings. The number of likely N-dealkylation sites (N-methyl/N-ethyl adjacent to an activating group) is 1. The van der Waals surface area contributed by atoms with Gasteiger partial charge in [0.1, 0.15) is 12.0 Å². The van der Waals surface area contributed by atoms with Gasteiger partial charge in [0, 0.05) is 35.8 Å². The summed E-state index contributed by atoms with van der Waals surface area (Å²) in [4.78, 5) is 15.0. The fraction of sp³-hybridized carbons (Fsp3) is 0.476. The highest BCUT2D eigenvalue weighted by Crippen LogP contribution is 2.41. The van der Waals surface area contributed by atoms with Crippen molar-refractivity contribution in [1.82, 2.24) is 9.47 Å². The highest BCUT2D eigenvalue weighted by atomic mass is 16.2. The van der Waals surface area contributed by atoms with Gasteiger partial charge < -0.3 is 14.0 Å². The number of carbonyl (C=O) groups is 1. The topological polar surface area (TPSA) is 25.2 Å². The lowest BCUT2D eigenvalue weighted by atomic mass is 9.84. The van der Waals surface area contributed by atoms with Crippen molar-refractivity contribution in [2.45, 2.75) is 26.4 Å².